The maximum absolute atomic E-state index is 12.9. The molecule has 27 heavy (non-hydrogen) atoms. The number of aromatic hydroxyl groups is 1. The van der Waals surface area contributed by atoms with Crippen molar-refractivity contribution in [3.63, 3.8) is 0 Å². The lowest BCUT2D eigenvalue weighted by Crippen LogP contribution is -2.14. The number of benzene rings is 3. The number of ether oxygens (including phenoxy) is 1. The van der Waals surface area contributed by atoms with E-state index < -0.39 is 15.8 Å². The molecule has 3 aromatic rings. The van der Waals surface area contributed by atoms with E-state index >= 15 is 0 Å². The Kier molecular flexibility index (Phi) is 5.30. The molecule has 0 heterocycles. The van der Waals surface area contributed by atoms with Crippen LogP contribution in [0.25, 0.3) is 11.1 Å². The highest BCUT2D eigenvalue weighted by Crippen LogP contribution is 2.36. The fourth-order valence-corrected chi connectivity index (χ4v) is 4.30. The van der Waals surface area contributed by atoms with Crippen molar-refractivity contribution in [1.82, 2.24) is 0 Å². The zero-order chi connectivity index (χ0) is 19.6. The second-order valence-electron chi connectivity index (χ2n) is 5.98. The summed E-state index contributed by atoms with van der Waals surface area (Å²) in [4.78, 5) is -0.292. The Bertz CT molecular complexity index is 1080. The first kappa shape index (κ1) is 19.1. The van der Waals surface area contributed by atoms with E-state index in [0.29, 0.717) is 11.3 Å². The average Bonchev–Trinajstić information content (AvgIpc) is 2.65. The number of sulfonamides is 1. The summed E-state index contributed by atoms with van der Waals surface area (Å²) in [6.07, 6.45) is 0. The van der Waals surface area contributed by atoms with Crippen molar-refractivity contribution in [2.24, 2.45) is 0 Å². The van der Waals surface area contributed by atoms with Crippen molar-refractivity contribution in [3.05, 3.63) is 71.2 Å². The van der Waals surface area contributed by atoms with E-state index in [2.05, 4.69) is 4.72 Å². The lowest BCUT2D eigenvalue weighted by Gasteiger charge is -2.15. The molecule has 0 amide bonds. The molecule has 5 nitrogen and oxygen atoms in total. The Labute approximate surface area is 163 Å². The van der Waals surface area contributed by atoms with Gasteiger partial charge in [-0.25, -0.2) is 8.42 Å². The third-order valence-corrected chi connectivity index (χ3v) is 5.68. The standard InChI is InChI=1S/C20H18ClNO4S/c1-13-10-16(21)20(23)19(11-13)27(24,25)22-17-12-15(8-9-18(17)26-2)14-6-4-3-5-7-14/h3-12,22-23H,1-2H3. The van der Waals surface area contributed by atoms with Gasteiger partial charge in [0.15, 0.2) is 5.75 Å². The van der Waals surface area contributed by atoms with E-state index in [1.807, 2.05) is 36.4 Å². The van der Waals surface area contributed by atoms with Crippen molar-refractivity contribution in [1.29, 1.82) is 0 Å². The molecule has 0 saturated heterocycles. The van der Waals surface area contributed by atoms with Crippen LogP contribution in [0.2, 0.25) is 5.02 Å². The van der Waals surface area contributed by atoms with Gasteiger partial charge in [-0.2, -0.15) is 0 Å². The van der Waals surface area contributed by atoms with E-state index in [4.69, 9.17) is 16.3 Å². The molecule has 0 unspecified atom stereocenters. The van der Waals surface area contributed by atoms with Crippen LogP contribution in [-0.2, 0) is 10.0 Å². The Morgan fingerprint density at radius 2 is 1.70 bits per heavy atom. The molecule has 3 rings (SSSR count). The van der Waals surface area contributed by atoms with Gasteiger partial charge in [0.05, 0.1) is 17.8 Å². The van der Waals surface area contributed by atoms with Gasteiger partial charge in [0, 0.05) is 0 Å². The van der Waals surface area contributed by atoms with E-state index in [-0.39, 0.29) is 15.6 Å². The first-order valence-electron chi connectivity index (χ1n) is 8.07. The molecule has 0 fully saturated rings. The molecule has 0 radical (unpaired) electrons. The van der Waals surface area contributed by atoms with Crippen LogP contribution in [0.5, 0.6) is 11.5 Å². The monoisotopic (exact) mass is 403 g/mol. The number of halogens is 1. The normalized spacial score (nSPS) is 11.2. The van der Waals surface area contributed by atoms with E-state index in [1.165, 1.54) is 19.2 Å². The van der Waals surface area contributed by atoms with E-state index in [1.54, 1.807) is 19.1 Å². The molecule has 0 aliphatic rings. The van der Waals surface area contributed by atoms with Crippen molar-refractivity contribution < 1.29 is 18.3 Å². The number of hydrogen-bond donors (Lipinski definition) is 2. The topological polar surface area (TPSA) is 75.6 Å². The third kappa shape index (κ3) is 4.02. The number of rotatable bonds is 5. The summed E-state index contributed by atoms with van der Waals surface area (Å²) < 4.78 is 33.5. The summed E-state index contributed by atoms with van der Waals surface area (Å²) in [6.45, 7) is 1.70. The summed E-state index contributed by atoms with van der Waals surface area (Å²) in [5, 5.41) is 10.1. The first-order valence-corrected chi connectivity index (χ1v) is 9.93. The predicted molar refractivity (Wildman–Crippen MR) is 107 cm³/mol. The smallest absolute Gasteiger partial charge is 0.265 e. The van der Waals surface area contributed by atoms with Gasteiger partial charge in [0.25, 0.3) is 10.0 Å². The highest BCUT2D eigenvalue weighted by Gasteiger charge is 2.23. The molecule has 0 aliphatic heterocycles. The van der Waals surface area contributed by atoms with Crippen LogP contribution >= 0.6 is 11.6 Å². The van der Waals surface area contributed by atoms with Crippen LogP contribution in [0, 0.1) is 6.92 Å². The van der Waals surface area contributed by atoms with Crippen molar-refractivity contribution >= 4 is 27.3 Å². The Balaban J connectivity index is 2.06. The minimum Gasteiger partial charge on any atom is -0.505 e. The minimum absolute atomic E-state index is 0.0274. The predicted octanol–water partition coefficient (Wildman–Crippen LogP) is 4.83. The van der Waals surface area contributed by atoms with Gasteiger partial charge < -0.3 is 9.84 Å². The van der Waals surface area contributed by atoms with Crippen LogP contribution < -0.4 is 9.46 Å². The molecule has 3 aromatic carbocycles. The Hall–Kier alpha value is -2.70. The van der Waals surface area contributed by atoms with Gasteiger partial charge >= 0.3 is 0 Å². The Morgan fingerprint density at radius 1 is 1.00 bits per heavy atom. The number of anilines is 1. The zero-order valence-corrected chi connectivity index (χ0v) is 16.3. The van der Waals surface area contributed by atoms with Crippen molar-refractivity contribution in [3.8, 4) is 22.6 Å². The highest BCUT2D eigenvalue weighted by molar-refractivity contribution is 7.92. The number of methoxy groups -OCH3 is 1. The van der Waals surface area contributed by atoms with Crippen molar-refractivity contribution in [2.75, 3.05) is 11.8 Å². The van der Waals surface area contributed by atoms with E-state index in [0.717, 1.165) is 11.1 Å². The largest absolute Gasteiger partial charge is 0.505 e. The fraction of sp³-hybridized carbons (Fsp3) is 0.100. The zero-order valence-electron chi connectivity index (χ0n) is 14.7. The van der Waals surface area contributed by atoms with Crippen LogP contribution in [0.15, 0.2) is 65.6 Å². The molecule has 0 atom stereocenters. The maximum atomic E-state index is 12.9. The van der Waals surface area contributed by atoms with Gasteiger partial charge in [-0.05, 0) is 47.9 Å². The van der Waals surface area contributed by atoms with Crippen LogP contribution in [0.3, 0.4) is 0 Å². The molecule has 0 aliphatic carbocycles. The molecular formula is C20H18ClNO4S. The SMILES string of the molecule is COc1ccc(-c2ccccc2)cc1NS(=O)(=O)c1cc(C)cc(Cl)c1O. The van der Waals surface area contributed by atoms with Gasteiger partial charge in [-0.15, -0.1) is 0 Å². The molecule has 0 spiro atoms. The number of phenolic OH excluding ortho intramolecular Hbond substituents is 1. The van der Waals surface area contributed by atoms with Crippen LogP contribution in [-0.4, -0.2) is 20.6 Å². The lowest BCUT2D eigenvalue weighted by atomic mass is 10.1. The van der Waals surface area contributed by atoms with Crippen LogP contribution in [0.4, 0.5) is 5.69 Å². The summed E-state index contributed by atoms with van der Waals surface area (Å²) in [6, 6.07) is 17.6. The molecule has 0 bridgehead atoms. The van der Waals surface area contributed by atoms with Crippen LogP contribution in [0.1, 0.15) is 5.56 Å². The molecule has 0 aromatic heterocycles. The second kappa shape index (κ2) is 7.50. The minimum atomic E-state index is -4.08. The summed E-state index contributed by atoms with van der Waals surface area (Å²) >= 11 is 5.93. The van der Waals surface area contributed by atoms with Crippen molar-refractivity contribution in [2.45, 2.75) is 11.8 Å². The maximum Gasteiger partial charge on any atom is 0.265 e. The molecule has 2 N–H and O–H groups in total. The van der Waals surface area contributed by atoms with E-state index in [9.17, 15) is 13.5 Å². The van der Waals surface area contributed by atoms with Gasteiger partial charge in [0.1, 0.15) is 10.6 Å². The lowest BCUT2D eigenvalue weighted by molar-refractivity contribution is 0.417. The summed E-state index contributed by atoms with van der Waals surface area (Å²) in [7, 11) is -2.63. The average molecular weight is 404 g/mol. The fourth-order valence-electron chi connectivity index (χ4n) is 2.71. The quantitative estimate of drug-likeness (QED) is 0.639. The molecule has 7 heteroatoms. The molecule has 0 saturated carbocycles. The highest BCUT2D eigenvalue weighted by atomic mass is 35.5. The number of hydrogen-bond acceptors (Lipinski definition) is 4. The summed E-state index contributed by atoms with van der Waals surface area (Å²) in [5.74, 6) is -0.135. The second-order valence-corrected chi connectivity index (χ2v) is 8.04. The first-order chi connectivity index (χ1) is 12.8. The molecular weight excluding hydrogens is 386 g/mol. The van der Waals surface area contributed by atoms with Gasteiger partial charge in [-0.1, -0.05) is 48.0 Å². The number of phenols is 1. The number of aryl methyl sites for hydroxylation is 1. The Morgan fingerprint density at radius 3 is 2.37 bits per heavy atom. The summed E-state index contributed by atoms with van der Waals surface area (Å²) in [5.41, 5.74) is 2.63. The third-order valence-electron chi connectivity index (χ3n) is 4.01. The van der Waals surface area contributed by atoms with Gasteiger partial charge in [-0.3, -0.25) is 4.72 Å². The van der Waals surface area contributed by atoms with Gasteiger partial charge in [0.2, 0.25) is 0 Å². The molecule has 140 valence electrons. The number of nitrogens with one attached hydrogen (secondary N) is 1.